The molecule has 0 fully saturated rings. The maximum Gasteiger partial charge on any atom is 0.231 e. The van der Waals surface area contributed by atoms with Gasteiger partial charge in [-0.2, -0.15) is 5.26 Å². The molecule has 0 radical (unpaired) electrons. The van der Waals surface area contributed by atoms with Gasteiger partial charge in [0.2, 0.25) is 5.91 Å². The SMILES string of the molecule is CN(C(=O)Cc1ccccc1N)c1ccccc1C#N. The Kier molecular flexibility index (Phi) is 4.02. The third-order valence-corrected chi connectivity index (χ3v) is 3.16. The van der Waals surface area contributed by atoms with E-state index < -0.39 is 0 Å². The second-order valence-corrected chi connectivity index (χ2v) is 4.46. The van der Waals surface area contributed by atoms with Crippen molar-refractivity contribution in [1.82, 2.24) is 0 Å². The molecule has 2 N–H and O–H groups in total. The topological polar surface area (TPSA) is 70.1 Å². The second kappa shape index (κ2) is 5.89. The average Bonchev–Trinajstić information content (AvgIpc) is 2.48. The van der Waals surface area contributed by atoms with Crippen molar-refractivity contribution in [3.8, 4) is 6.07 Å². The predicted octanol–water partition coefficient (Wildman–Crippen LogP) is 2.35. The first-order valence-electron chi connectivity index (χ1n) is 6.22. The van der Waals surface area contributed by atoms with E-state index in [1.54, 1.807) is 37.4 Å². The summed E-state index contributed by atoms with van der Waals surface area (Å²) in [5.41, 5.74) is 8.31. The molecule has 0 atom stereocenters. The molecule has 0 spiro atoms. The van der Waals surface area contributed by atoms with Crippen LogP contribution >= 0.6 is 0 Å². The molecule has 0 unspecified atom stereocenters. The molecule has 0 saturated carbocycles. The van der Waals surface area contributed by atoms with Gasteiger partial charge in [0.1, 0.15) is 6.07 Å². The second-order valence-electron chi connectivity index (χ2n) is 4.46. The Labute approximate surface area is 118 Å². The van der Waals surface area contributed by atoms with E-state index in [0.29, 0.717) is 16.9 Å². The molecule has 2 rings (SSSR count). The number of likely N-dealkylation sites (N-methyl/N-ethyl adjacent to an activating group) is 1. The van der Waals surface area contributed by atoms with Crippen molar-refractivity contribution in [3.63, 3.8) is 0 Å². The lowest BCUT2D eigenvalue weighted by atomic mass is 10.1. The molecule has 0 aliphatic heterocycles. The summed E-state index contributed by atoms with van der Waals surface area (Å²) in [5, 5.41) is 9.07. The van der Waals surface area contributed by atoms with E-state index in [0.717, 1.165) is 5.56 Å². The zero-order chi connectivity index (χ0) is 14.5. The van der Waals surface area contributed by atoms with Crippen LogP contribution in [0.4, 0.5) is 11.4 Å². The maximum atomic E-state index is 12.3. The Morgan fingerprint density at radius 2 is 1.85 bits per heavy atom. The van der Waals surface area contributed by atoms with E-state index in [1.807, 2.05) is 18.2 Å². The van der Waals surface area contributed by atoms with Crippen molar-refractivity contribution < 1.29 is 4.79 Å². The number of hydrogen-bond acceptors (Lipinski definition) is 3. The number of carbonyl (C=O) groups excluding carboxylic acids is 1. The van der Waals surface area contributed by atoms with Crippen LogP contribution in [0.1, 0.15) is 11.1 Å². The summed E-state index contributed by atoms with van der Waals surface area (Å²) >= 11 is 0. The van der Waals surface area contributed by atoms with Crippen LogP contribution in [0.2, 0.25) is 0 Å². The Morgan fingerprint density at radius 3 is 2.55 bits per heavy atom. The van der Waals surface area contributed by atoms with E-state index in [9.17, 15) is 4.79 Å². The number of amides is 1. The predicted molar refractivity (Wildman–Crippen MR) is 79.1 cm³/mol. The molecule has 4 heteroatoms. The smallest absolute Gasteiger partial charge is 0.231 e. The van der Waals surface area contributed by atoms with E-state index >= 15 is 0 Å². The van der Waals surface area contributed by atoms with Gasteiger partial charge < -0.3 is 10.6 Å². The van der Waals surface area contributed by atoms with Crippen molar-refractivity contribution in [1.29, 1.82) is 5.26 Å². The Hall–Kier alpha value is -2.80. The third-order valence-electron chi connectivity index (χ3n) is 3.16. The van der Waals surface area contributed by atoms with Gasteiger partial charge in [0, 0.05) is 12.7 Å². The molecule has 0 saturated heterocycles. The molecule has 0 aliphatic carbocycles. The third kappa shape index (κ3) is 2.78. The first-order valence-corrected chi connectivity index (χ1v) is 6.22. The minimum atomic E-state index is -0.106. The fraction of sp³-hybridized carbons (Fsp3) is 0.125. The standard InChI is InChI=1S/C16H15N3O/c1-19(15-9-5-3-7-13(15)11-17)16(20)10-12-6-2-4-8-14(12)18/h2-9H,10,18H2,1H3. The zero-order valence-electron chi connectivity index (χ0n) is 11.2. The molecule has 0 aliphatic rings. The molecule has 20 heavy (non-hydrogen) atoms. The number of para-hydroxylation sites is 2. The largest absolute Gasteiger partial charge is 0.398 e. The first kappa shape index (κ1) is 13.6. The number of nitrogens with zero attached hydrogens (tertiary/aromatic N) is 2. The average molecular weight is 265 g/mol. The van der Waals surface area contributed by atoms with Crippen LogP contribution in [0.15, 0.2) is 48.5 Å². The van der Waals surface area contributed by atoms with Crippen molar-refractivity contribution in [2.24, 2.45) is 0 Å². The summed E-state index contributed by atoms with van der Waals surface area (Å²) < 4.78 is 0. The van der Waals surface area contributed by atoms with Crippen LogP contribution in [0, 0.1) is 11.3 Å². The molecule has 0 aromatic heterocycles. The van der Waals surface area contributed by atoms with Crippen molar-refractivity contribution in [2.75, 3.05) is 17.7 Å². The van der Waals surface area contributed by atoms with Crippen molar-refractivity contribution in [3.05, 3.63) is 59.7 Å². The van der Waals surface area contributed by atoms with E-state index in [2.05, 4.69) is 6.07 Å². The Morgan fingerprint density at radius 1 is 1.20 bits per heavy atom. The molecule has 1 amide bonds. The molecular formula is C16H15N3O. The van der Waals surface area contributed by atoms with Crippen LogP contribution in [0.25, 0.3) is 0 Å². The van der Waals surface area contributed by atoms with Gasteiger partial charge in [-0.1, -0.05) is 30.3 Å². The summed E-state index contributed by atoms with van der Waals surface area (Å²) in [7, 11) is 1.66. The van der Waals surface area contributed by atoms with Gasteiger partial charge in [0.15, 0.2) is 0 Å². The van der Waals surface area contributed by atoms with E-state index in [4.69, 9.17) is 11.0 Å². The quantitative estimate of drug-likeness (QED) is 0.866. The van der Waals surface area contributed by atoms with Gasteiger partial charge in [-0.25, -0.2) is 0 Å². The van der Waals surface area contributed by atoms with Crippen LogP contribution in [0.3, 0.4) is 0 Å². The lowest BCUT2D eigenvalue weighted by Gasteiger charge is -2.19. The van der Waals surface area contributed by atoms with Crippen LogP contribution in [-0.2, 0) is 11.2 Å². The zero-order valence-corrected chi connectivity index (χ0v) is 11.2. The molecular weight excluding hydrogens is 250 g/mol. The molecule has 2 aromatic carbocycles. The normalized spacial score (nSPS) is 9.80. The summed E-state index contributed by atoms with van der Waals surface area (Å²) in [6.07, 6.45) is 0.211. The highest BCUT2D eigenvalue weighted by molar-refractivity contribution is 5.96. The molecule has 0 bridgehead atoms. The van der Waals surface area contributed by atoms with Gasteiger partial charge in [0.05, 0.1) is 17.7 Å². The van der Waals surface area contributed by atoms with Crippen LogP contribution in [0.5, 0.6) is 0 Å². The Balaban J connectivity index is 2.22. The van der Waals surface area contributed by atoms with Gasteiger partial charge in [0.25, 0.3) is 0 Å². The minimum absolute atomic E-state index is 0.106. The van der Waals surface area contributed by atoms with Gasteiger partial charge in [-0.15, -0.1) is 0 Å². The van der Waals surface area contributed by atoms with Crippen molar-refractivity contribution >= 4 is 17.3 Å². The van der Waals surface area contributed by atoms with Crippen LogP contribution in [-0.4, -0.2) is 13.0 Å². The summed E-state index contributed by atoms with van der Waals surface area (Å²) in [4.78, 5) is 13.8. The van der Waals surface area contributed by atoms with Crippen molar-refractivity contribution in [2.45, 2.75) is 6.42 Å². The number of benzene rings is 2. The Bertz CT molecular complexity index is 673. The molecule has 100 valence electrons. The van der Waals surface area contributed by atoms with Gasteiger partial charge in [-0.05, 0) is 23.8 Å². The number of nitrogen functional groups attached to an aromatic ring is 1. The number of nitriles is 1. The fourth-order valence-electron chi connectivity index (χ4n) is 1.97. The first-order chi connectivity index (χ1) is 9.63. The monoisotopic (exact) mass is 265 g/mol. The van der Waals surface area contributed by atoms with E-state index in [1.165, 1.54) is 4.90 Å². The minimum Gasteiger partial charge on any atom is -0.398 e. The van der Waals surface area contributed by atoms with E-state index in [-0.39, 0.29) is 12.3 Å². The highest BCUT2D eigenvalue weighted by Gasteiger charge is 2.15. The highest BCUT2D eigenvalue weighted by atomic mass is 16.2. The highest BCUT2D eigenvalue weighted by Crippen LogP contribution is 2.20. The maximum absolute atomic E-state index is 12.3. The molecule has 0 heterocycles. The number of anilines is 2. The lowest BCUT2D eigenvalue weighted by molar-refractivity contribution is -0.117. The van der Waals surface area contributed by atoms with Gasteiger partial charge >= 0.3 is 0 Å². The fourth-order valence-corrected chi connectivity index (χ4v) is 1.97. The molecule has 4 nitrogen and oxygen atoms in total. The number of nitrogens with two attached hydrogens (primary N) is 1. The number of rotatable bonds is 3. The summed E-state index contributed by atoms with van der Waals surface area (Å²) in [6, 6.07) is 16.4. The lowest BCUT2D eigenvalue weighted by Crippen LogP contribution is -2.28. The number of hydrogen-bond donors (Lipinski definition) is 1. The molecule has 2 aromatic rings. The van der Waals surface area contributed by atoms with Gasteiger partial charge in [-0.3, -0.25) is 4.79 Å². The summed E-state index contributed by atoms with van der Waals surface area (Å²) in [6.45, 7) is 0. The number of carbonyl (C=O) groups is 1. The van der Waals surface area contributed by atoms with Crippen LogP contribution < -0.4 is 10.6 Å². The summed E-state index contributed by atoms with van der Waals surface area (Å²) in [5.74, 6) is -0.106.